The Morgan fingerprint density at radius 1 is 1.33 bits per heavy atom. The van der Waals surface area contributed by atoms with Crippen LogP contribution in [0.3, 0.4) is 0 Å². The summed E-state index contributed by atoms with van der Waals surface area (Å²) in [6.45, 7) is 0. The molecule has 1 aromatic carbocycles. The van der Waals surface area contributed by atoms with Gasteiger partial charge in [-0.1, -0.05) is 17.7 Å². The molecule has 1 unspecified atom stereocenters. The molecule has 1 aliphatic heterocycles. The number of nitrogens with two attached hydrogens (primary N) is 1. The fourth-order valence-corrected chi connectivity index (χ4v) is 4.13. The van der Waals surface area contributed by atoms with Crippen molar-refractivity contribution in [3.8, 4) is 6.07 Å². The van der Waals surface area contributed by atoms with Crippen molar-refractivity contribution in [3.63, 3.8) is 0 Å². The molecule has 1 aliphatic carbocycles. The summed E-state index contributed by atoms with van der Waals surface area (Å²) in [6.07, 6.45) is 2.51. The van der Waals surface area contributed by atoms with E-state index in [1.54, 1.807) is 6.07 Å². The number of carbonyl (C=O) groups excluding carboxylic acids is 2. The van der Waals surface area contributed by atoms with Crippen molar-refractivity contribution in [2.24, 2.45) is 5.73 Å². The van der Waals surface area contributed by atoms with Crippen molar-refractivity contribution >= 4 is 23.3 Å². The van der Waals surface area contributed by atoms with Gasteiger partial charge in [0.05, 0.1) is 23.8 Å². The maximum Gasteiger partial charge on any atom is 0.305 e. The average Bonchev–Trinajstić information content (AvgIpc) is 3.25. The van der Waals surface area contributed by atoms with Gasteiger partial charge >= 0.3 is 5.91 Å². The molecule has 7 nitrogen and oxygen atoms in total. The van der Waals surface area contributed by atoms with Crippen LogP contribution in [0.5, 0.6) is 0 Å². The number of nitriles is 1. The number of furan rings is 1. The highest BCUT2D eigenvalue weighted by Crippen LogP contribution is 2.46. The van der Waals surface area contributed by atoms with E-state index in [9.17, 15) is 19.2 Å². The molecular weight excluding hydrogens is 411 g/mol. The van der Waals surface area contributed by atoms with E-state index in [0.29, 0.717) is 18.5 Å². The lowest BCUT2D eigenvalue weighted by Gasteiger charge is -2.39. The van der Waals surface area contributed by atoms with Gasteiger partial charge in [-0.25, -0.2) is 9.40 Å². The van der Waals surface area contributed by atoms with Crippen molar-refractivity contribution in [1.82, 2.24) is 10.4 Å². The van der Waals surface area contributed by atoms with Gasteiger partial charge in [-0.2, -0.15) is 5.26 Å². The van der Waals surface area contributed by atoms with E-state index >= 15 is 0 Å². The number of ketones is 1. The number of halogens is 2. The SMILES string of the molecule is N#CC1=C(N)N(NC(=O)c2ccco2)C2=C(C(=O)CCC2)C1c1c(F)cccc1Cl. The lowest BCUT2D eigenvalue weighted by atomic mass is 9.76. The number of amides is 1. The van der Waals surface area contributed by atoms with Crippen molar-refractivity contribution in [1.29, 1.82) is 5.26 Å². The van der Waals surface area contributed by atoms with E-state index < -0.39 is 17.6 Å². The van der Waals surface area contributed by atoms with Crippen molar-refractivity contribution in [2.45, 2.75) is 25.2 Å². The number of benzene rings is 1. The molecule has 0 spiro atoms. The van der Waals surface area contributed by atoms with E-state index in [1.807, 2.05) is 6.07 Å². The first-order chi connectivity index (χ1) is 14.4. The third-order valence-electron chi connectivity index (χ3n) is 5.16. The first-order valence-electron chi connectivity index (χ1n) is 9.18. The maximum atomic E-state index is 14.8. The van der Waals surface area contributed by atoms with Crippen molar-refractivity contribution < 1.29 is 18.4 Å². The Morgan fingerprint density at radius 2 is 2.13 bits per heavy atom. The van der Waals surface area contributed by atoms with Gasteiger partial charge in [-0.15, -0.1) is 0 Å². The quantitative estimate of drug-likeness (QED) is 0.776. The van der Waals surface area contributed by atoms with Crippen LogP contribution in [0.2, 0.25) is 5.02 Å². The van der Waals surface area contributed by atoms with Crippen LogP contribution in [0, 0.1) is 17.1 Å². The molecule has 4 rings (SSSR count). The number of nitrogens with zero attached hydrogens (tertiary/aromatic N) is 2. The Labute approximate surface area is 176 Å². The van der Waals surface area contributed by atoms with Crippen LogP contribution in [-0.4, -0.2) is 16.7 Å². The Morgan fingerprint density at radius 3 is 2.80 bits per heavy atom. The Balaban J connectivity index is 1.89. The normalized spacial score (nSPS) is 18.9. The second kappa shape index (κ2) is 7.69. The number of carbonyl (C=O) groups is 2. The largest absolute Gasteiger partial charge is 0.459 e. The van der Waals surface area contributed by atoms with Gasteiger partial charge in [-0.05, 0) is 37.1 Å². The van der Waals surface area contributed by atoms with Crippen LogP contribution in [0.25, 0.3) is 0 Å². The number of hydrogen-bond donors (Lipinski definition) is 2. The van der Waals surface area contributed by atoms with Crippen LogP contribution >= 0.6 is 11.6 Å². The first kappa shape index (κ1) is 19.7. The van der Waals surface area contributed by atoms with E-state index in [-0.39, 0.29) is 45.5 Å². The van der Waals surface area contributed by atoms with Gasteiger partial charge in [0.15, 0.2) is 11.5 Å². The summed E-state index contributed by atoms with van der Waals surface area (Å²) >= 11 is 6.26. The highest BCUT2D eigenvalue weighted by molar-refractivity contribution is 6.31. The van der Waals surface area contributed by atoms with E-state index in [1.165, 1.54) is 35.5 Å². The highest BCUT2D eigenvalue weighted by Gasteiger charge is 2.42. The lowest BCUT2D eigenvalue weighted by Crippen LogP contribution is -2.48. The van der Waals surface area contributed by atoms with Crippen LogP contribution in [-0.2, 0) is 4.79 Å². The van der Waals surface area contributed by atoms with Gasteiger partial charge < -0.3 is 10.2 Å². The molecule has 3 N–H and O–H groups in total. The summed E-state index contributed by atoms with van der Waals surface area (Å²) in [5.41, 5.74) is 9.38. The summed E-state index contributed by atoms with van der Waals surface area (Å²) < 4.78 is 19.9. The van der Waals surface area contributed by atoms with E-state index in [2.05, 4.69) is 5.43 Å². The standard InChI is InChI=1S/C21H16ClFN4O3/c22-12-4-1-5-13(23)18(12)17-11(10-24)20(25)27(14-6-2-7-15(28)19(14)17)26-21(29)16-8-3-9-30-16/h1,3-5,8-9,17H,2,6-7,25H2,(H,26,29). The first-order valence-corrected chi connectivity index (χ1v) is 9.56. The molecule has 0 saturated heterocycles. The summed E-state index contributed by atoms with van der Waals surface area (Å²) in [6, 6.07) is 9.14. The van der Waals surface area contributed by atoms with Gasteiger partial charge in [0.1, 0.15) is 11.6 Å². The molecule has 152 valence electrons. The molecule has 0 saturated carbocycles. The van der Waals surface area contributed by atoms with Gasteiger partial charge in [0, 0.05) is 28.3 Å². The fraction of sp³-hybridized carbons (Fsp3) is 0.190. The average molecular weight is 427 g/mol. The molecule has 1 atom stereocenters. The molecule has 1 aromatic heterocycles. The second-order valence-corrected chi connectivity index (χ2v) is 7.28. The Bertz CT molecular complexity index is 1130. The predicted molar refractivity (Wildman–Crippen MR) is 105 cm³/mol. The number of hydrogen-bond acceptors (Lipinski definition) is 6. The summed E-state index contributed by atoms with van der Waals surface area (Å²) in [5, 5.41) is 11.1. The molecule has 0 fully saturated rings. The Hall–Kier alpha value is -3.57. The zero-order valence-corrected chi connectivity index (χ0v) is 16.4. The number of rotatable bonds is 3. The van der Waals surface area contributed by atoms with E-state index in [4.69, 9.17) is 21.8 Å². The van der Waals surface area contributed by atoms with Crippen LogP contribution < -0.4 is 11.2 Å². The third kappa shape index (κ3) is 3.13. The molecule has 30 heavy (non-hydrogen) atoms. The number of Topliss-reactive ketones (excluding diaryl/α,β-unsaturated/α-hetero) is 1. The number of allylic oxidation sites excluding steroid dienone is 3. The fourth-order valence-electron chi connectivity index (χ4n) is 3.85. The minimum atomic E-state index is -1.05. The van der Waals surface area contributed by atoms with Gasteiger partial charge in [-0.3, -0.25) is 15.0 Å². The lowest BCUT2D eigenvalue weighted by molar-refractivity contribution is -0.116. The monoisotopic (exact) mass is 426 g/mol. The molecule has 2 heterocycles. The number of nitrogens with one attached hydrogen (secondary N) is 1. The topological polar surface area (TPSA) is 112 Å². The molecule has 2 aromatic rings. The summed E-state index contributed by atoms with van der Waals surface area (Å²) in [5.74, 6) is -2.62. The minimum Gasteiger partial charge on any atom is -0.459 e. The molecule has 9 heteroatoms. The number of hydrazine groups is 1. The zero-order chi connectivity index (χ0) is 21.4. The maximum absolute atomic E-state index is 14.8. The third-order valence-corrected chi connectivity index (χ3v) is 5.49. The smallest absolute Gasteiger partial charge is 0.305 e. The predicted octanol–water partition coefficient (Wildman–Crippen LogP) is 3.52. The molecule has 0 bridgehead atoms. The van der Waals surface area contributed by atoms with Crippen LogP contribution in [0.1, 0.15) is 41.3 Å². The summed E-state index contributed by atoms with van der Waals surface area (Å²) in [7, 11) is 0. The van der Waals surface area contributed by atoms with Crippen molar-refractivity contribution in [2.75, 3.05) is 0 Å². The molecule has 2 aliphatic rings. The second-order valence-electron chi connectivity index (χ2n) is 6.87. The molecule has 1 amide bonds. The van der Waals surface area contributed by atoms with Crippen LogP contribution in [0.4, 0.5) is 4.39 Å². The van der Waals surface area contributed by atoms with Gasteiger partial charge in [0.25, 0.3) is 0 Å². The zero-order valence-electron chi connectivity index (χ0n) is 15.6. The van der Waals surface area contributed by atoms with Crippen molar-refractivity contribution in [3.05, 3.63) is 81.4 Å². The van der Waals surface area contributed by atoms with Gasteiger partial charge in [0.2, 0.25) is 0 Å². The summed E-state index contributed by atoms with van der Waals surface area (Å²) in [4.78, 5) is 25.4. The highest BCUT2D eigenvalue weighted by atomic mass is 35.5. The van der Waals surface area contributed by atoms with E-state index in [0.717, 1.165) is 0 Å². The molecular formula is C21H16ClFN4O3. The Kier molecular flexibility index (Phi) is 5.06. The van der Waals surface area contributed by atoms with Crippen LogP contribution in [0.15, 0.2) is 63.7 Å². The minimum absolute atomic E-state index is 0.0124. The molecule has 0 radical (unpaired) electrons.